The van der Waals surface area contributed by atoms with E-state index >= 15 is 0 Å². The Hall–Kier alpha value is -3.27. The Morgan fingerprint density at radius 2 is 1.16 bits per heavy atom. The van der Waals surface area contributed by atoms with Crippen LogP contribution in [-0.2, 0) is 72.0 Å². The summed E-state index contributed by atoms with van der Waals surface area (Å²) in [4.78, 5) is 13.3. The van der Waals surface area contributed by atoms with Crippen molar-refractivity contribution in [1.29, 1.82) is 0 Å². The molecular formula is C37H46O12. The first-order valence-electron chi connectivity index (χ1n) is 16.2. The van der Waals surface area contributed by atoms with Crippen LogP contribution in [0, 0.1) is 0 Å². The number of carbonyl (C=O) groups excluding carboxylic acids is 1. The van der Waals surface area contributed by atoms with Crippen LogP contribution >= 0.6 is 0 Å². The zero-order chi connectivity index (χ0) is 34.6. The lowest BCUT2D eigenvalue weighted by molar-refractivity contribution is -0.363. The molecule has 0 radical (unpaired) electrons. The monoisotopic (exact) mass is 682 g/mol. The van der Waals surface area contributed by atoms with Crippen molar-refractivity contribution in [2.45, 2.75) is 81.2 Å². The average Bonchev–Trinajstić information content (AvgIpc) is 3.14. The van der Waals surface area contributed by atoms with Gasteiger partial charge in [-0.05, 0) is 16.7 Å². The maximum atomic E-state index is 13.3. The van der Waals surface area contributed by atoms with Gasteiger partial charge in [-0.1, -0.05) is 91.0 Å². The molecule has 1 N–H and O–H groups in total. The van der Waals surface area contributed by atoms with E-state index in [1.165, 1.54) is 21.3 Å². The van der Waals surface area contributed by atoms with Gasteiger partial charge in [0.25, 0.3) is 0 Å². The third-order valence-electron chi connectivity index (χ3n) is 8.59. The van der Waals surface area contributed by atoms with Gasteiger partial charge in [0.05, 0.1) is 19.8 Å². The SMILES string of the molecule is CO[C@H]1O[C@H](COCc2ccccc2)[C@@H](O[C@@H]2O[C@@H](C(=O)OCc3ccccc3)[C@@H](O)[C@H](OC)[C@H]2OC)[C@H](OC)[C@H]1OCc1ccccc1. The summed E-state index contributed by atoms with van der Waals surface area (Å²) in [5.74, 6) is -0.781. The lowest BCUT2D eigenvalue weighted by Gasteiger charge is -2.48. The number of aliphatic hydroxyl groups is 1. The second-order valence-corrected chi connectivity index (χ2v) is 11.8. The Labute approximate surface area is 287 Å². The topological polar surface area (TPSA) is 130 Å². The third-order valence-corrected chi connectivity index (χ3v) is 8.59. The molecule has 0 bridgehead atoms. The predicted molar refractivity (Wildman–Crippen MR) is 175 cm³/mol. The molecule has 0 saturated carbocycles. The Kier molecular flexibility index (Phi) is 14.1. The van der Waals surface area contributed by atoms with E-state index in [2.05, 4.69) is 0 Å². The highest BCUT2D eigenvalue weighted by molar-refractivity contribution is 5.75. The Morgan fingerprint density at radius 1 is 0.612 bits per heavy atom. The number of hydrogen-bond donors (Lipinski definition) is 1. The molecule has 0 aromatic heterocycles. The molecule has 2 saturated heterocycles. The van der Waals surface area contributed by atoms with E-state index < -0.39 is 67.4 Å². The molecule has 0 unspecified atom stereocenters. The highest BCUT2D eigenvalue weighted by Crippen LogP contribution is 2.34. The first kappa shape index (κ1) is 37.0. The van der Waals surface area contributed by atoms with Gasteiger partial charge in [0.1, 0.15) is 49.3 Å². The van der Waals surface area contributed by atoms with E-state index in [0.29, 0.717) is 6.61 Å². The molecule has 10 atom stereocenters. The Balaban J connectivity index is 1.38. The zero-order valence-electron chi connectivity index (χ0n) is 28.2. The van der Waals surface area contributed by atoms with Crippen molar-refractivity contribution in [2.24, 2.45) is 0 Å². The van der Waals surface area contributed by atoms with Crippen molar-refractivity contribution < 1.29 is 57.3 Å². The third kappa shape index (κ3) is 9.50. The molecule has 266 valence electrons. The van der Waals surface area contributed by atoms with Crippen LogP contribution in [0.1, 0.15) is 16.7 Å². The summed E-state index contributed by atoms with van der Waals surface area (Å²) in [6, 6.07) is 28.6. The van der Waals surface area contributed by atoms with Gasteiger partial charge in [0.2, 0.25) is 0 Å². The van der Waals surface area contributed by atoms with Gasteiger partial charge in [-0.2, -0.15) is 0 Å². The van der Waals surface area contributed by atoms with Crippen LogP contribution < -0.4 is 0 Å². The first-order chi connectivity index (χ1) is 24.0. The maximum Gasteiger partial charge on any atom is 0.338 e. The predicted octanol–water partition coefficient (Wildman–Crippen LogP) is 3.42. The van der Waals surface area contributed by atoms with Gasteiger partial charge in [0.15, 0.2) is 18.7 Å². The van der Waals surface area contributed by atoms with Crippen LogP contribution in [0.25, 0.3) is 0 Å². The number of hydrogen-bond acceptors (Lipinski definition) is 12. The molecule has 5 rings (SSSR count). The molecular weight excluding hydrogens is 636 g/mol. The lowest BCUT2D eigenvalue weighted by Crippen LogP contribution is -2.66. The summed E-state index contributed by atoms with van der Waals surface area (Å²) in [7, 11) is 5.92. The first-order valence-corrected chi connectivity index (χ1v) is 16.2. The largest absolute Gasteiger partial charge is 0.459 e. The molecule has 3 aromatic rings. The summed E-state index contributed by atoms with van der Waals surface area (Å²) in [6.07, 6.45) is -10.0. The molecule has 2 heterocycles. The molecule has 12 heteroatoms. The van der Waals surface area contributed by atoms with Crippen LogP contribution in [-0.4, -0.2) is 108 Å². The number of ether oxygens (including phenoxy) is 10. The number of carbonyl (C=O) groups is 1. The Bertz CT molecular complexity index is 1380. The number of rotatable bonds is 16. The van der Waals surface area contributed by atoms with E-state index in [1.807, 2.05) is 91.0 Å². The molecule has 2 aliphatic heterocycles. The van der Waals surface area contributed by atoms with Crippen molar-refractivity contribution in [3.8, 4) is 0 Å². The smallest absolute Gasteiger partial charge is 0.338 e. The number of esters is 1. The van der Waals surface area contributed by atoms with E-state index in [9.17, 15) is 9.90 Å². The van der Waals surface area contributed by atoms with Crippen molar-refractivity contribution in [3.63, 3.8) is 0 Å². The van der Waals surface area contributed by atoms with Crippen LogP contribution in [0.15, 0.2) is 91.0 Å². The lowest BCUT2D eigenvalue weighted by atomic mass is 9.96. The summed E-state index contributed by atoms with van der Waals surface area (Å²) in [5.41, 5.74) is 2.71. The van der Waals surface area contributed by atoms with Crippen LogP contribution in [0.4, 0.5) is 0 Å². The van der Waals surface area contributed by atoms with Gasteiger partial charge >= 0.3 is 5.97 Å². The summed E-state index contributed by atoms with van der Waals surface area (Å²) in [5, 5.41) is 11.2. The minimum Gasteiger partial charge on any atom is -0.459 e. The average molecular weight is 683 g/mol. The number of aliphatic hydroxyl groups excluding tert-OH is 1. The van der Waals surface area contributed by atoms with Crippen LogP contribution in [0.2, 0.25) is 0 Å². The van der Waals surface area contributed by atoms with Gasteiger partial charge in [-0.3, -0.25) is 0 Å². The molecule has 0 aliphatic carbocycles. The van der Waals surface area contributed by atoms with E-state index in [1.54, 1.807) is 7.11 Å². The minimum atomic E-state index is -1.44. The fourth-order valence-electron chi connectivity index (χ4n) is 6.06. The Morgan fingerprint density at radius 3 is 1.71 bits per heavy atom. The van der Waals surface area contributed by atoms with E-state index in [0.717, 1.165) is 16.7 Å². The van der Waals surface area contributed by atoms with E-state index in [-0.39, 0.29) is 19.8 Å². The molecule has 49 heavy (non-hydrogen) atoms. The van der Waals surface area contributed by atoms with Gasteiger partial charge in [-0.25, -0.2) is 4.79 Å². The second-order valence-electron chi connectivity index (χ2n) is 11.8. The summed E-state index contributed by atoms with van der Waals surface area (Å²) in [6.45, 7) is 0.661. The second kappa shape index (κ2) is 18.6. The van der Waals surface area contributed by atoms with Gasteiger partial charge in [0, 0.05) is 28.4 Å². The van der Waals surface area contributed by atoms with Crippen molar-refractivity contribution in [2.75, 3.05) is 35.0 Å². The van der Waals surface area contributed by atoms with Crippen LogP contribution in [0.5, 0.6) is 0 Å². The van der Waals surface area contributed by atoms with Gasteiger partial charge < -0.3 is 52.5 Å². The molecule has 0 spiro atoms. The highest BCUT2D eigenvalue weighted by atomic mass is 16.8. The number of benzene rings is 3. The van der Waals surface area contributed by atoms with Crippen molar-refractivity contribution in [3.05, 3.63) is 108 Å². The zero-order valence-corrected chi connectivity index (χ0v) is 28.2. The highest BCUT2D eigenvalue weighted by Gasteiger charge is 2.54. The van der Waals surface area contributed by atoms with Crippen LogP contribution in [0.3, 0.4) is 0 Å². The minimum absolute atomic E-state index is 0.00892. The quantitative estimate of drug-likeness (QED) is 0.222. The van der Waals surface area contributed by atoms with E-state index in [4.69, 9.17) is 47.4 Å². The molecule has 2 aliphatic rings. The van der Waals surface area contributed by atoms with Crippen molar-refractivity contribution >= 4 is 5.97 Å². The maximum absolute atomic E-state index is 13.3. The fourth-order valence-corrected chi connectivity index (χ4v) is 6.06. The normalized spacial score (nSPS) is 30.1. The summed E-state index contributed by atoms with van der Waals surface area (Å²) >= 11 is 0. The molecule has 0 amide bonds. The fraction of sp³-hybridized carbons (Fsp3) is 0.486. The summed E-state index contributed by atoms with van der Waals surface area (Å²) < 4.78 is 60.4. The molecule has 2 fully saturated rings. The molecule has 12 nitrogen and oxygen atoms in total. The van der Waals surface area contributed by atoms with Crippen molar-refractivity contribution in [1.82, 2.24) is 0 Å². The number of methoxy groups -OCH3 is 4. The van der Waals surface area contributed by atoms with Gasteiger partial charge in [-0.15, -0.1) is 0 Å². The molecule has 3 aromatic carbocycles. The standard InChI is InChI=1S/C37H46O12/c1-40-30-28(38)31(35(39)46-22-26-18-12-7-13-19-26)49-37(33(30)42-3)48-29-27(23-44-20-24-14-8-5-9-15-24)47-36(43-4)34(32(29)41-2)45-21-25-16-10-6-11-17-25/h5-19,27-34,36-38H,20-23H2,1-4H3/t27-,28+,29-,30+,31-,32+,33-,34-,36+,37-/m1/s1.